The number of hydrogen-bond acceptors (Lipinski definition) is 1. The van der Waals surface area contributed by atoms with Crippen molar-refractivity contribution in [3.05, 3.63) is 0 Å². The number of rotatable bonds is 9. The molecule has 4 rings (SSSR count). The molecule has 0 aromatic heterocycles. The third kappa shape index (κ3) is 4.03. The van der Waals surface area contributed by atoms with Gasteiger partial charge in [0.1, 0.15) is 0 Å². The monoisotopic (exact) mass is 291 g/mol. The Morgan fingerprint density at radius 1 is 0.857 bits per heavy atom. The molecule has 21 heavy (non-hydrogen) atoms. The van der Waals surface area contributed by atoms with Crippen LogP contribution in [0.1, 0.15) is 96.8 Å². The van der Waals surface area contributed by atoms with Gasteiger partial charge in [0.25, 0.3) is 0 Å². The first kappa shape index (κ1) is 15.8. The zero-order chi connectivity index (χ0) is 14.7. The summed E-state index contributed by atoms with van der Waals surface area (Å²) in [5.41, 5.74) is 7.23. The Morgan fingerprint density at radius 2 is 1.38 bits per heavy atom. The molecule has 0 heterocycles. The summed E-state index contributed by atoms with van der Waals surface area (Å²) in [6.45, 7) is 2.29. The minimum Gasteiger partial charge on any atom is -0.328 e. The number of hydrogen-bond donors (Lipinski definition) is 1. The Balaban J connectivity index is 1.38. The predicted octanol–water partition coefficient (Wildman–Crippen LogP) is 5.67. The summed E-state index contributed by atoms with van der Waals surface area (Å²) in [7, 11) is 0. The smallest absolute Gasteiger partial charge is 0.00441 e. The summed E-state index contributed by atoms with van der Waals surface area (Å²) in [6.07, 6.45) is 20.3. The van der Waals surface area contributed by atoms with E-state index in [1.165, 1.54) is 70.6 Å². The van der Waals surface area contributed by atoms with Crippen molar-refractivity contribution in [2.45, 2.75) is 103 Å². The van der Waals surface area contributed by atoms with Gasteiger partial charge >= 0.3 is 0 Å². The lowest BCUT2D eigenvalue weighted by atomic mass is 9.48. The topological polar surface area (TPSA) is 26.0 Å². The predicted molar refractivity (Wildman–Crippen MR) is 91.2 cm³/mol. The lowest BCUT2D eigenvalue weighted by Gasteiger charge is -2.57. The van der Waals surface area contributed by atoms with Gasteiger partial charge in [0.15, 0.2) is 0 Å². The Morgan fingerprint density at radius 3 is 1.95 bits per heavy atom. The molecule has 1 nitrogen and oxygen atoms in total. The van der Waals surface area contributed by atoms with E-state index in [-0.39, 0.29) is 0 Å². The third-order valence-corrected chi connectivity index (χ3v) is 6.79. The minimum absolute atomic E-state index is 0.493. The maximum absolute atomic E-state index is 6.54. The van der Waals surface area contributed by atoms with Crippen LogP contribution in [0.2, 0.25) is 0 Å². The molecule has 1 heteroatoms. The Kier molecular flexibility index (Phi) is 5.30. The molecule has 0 aromatic carbocycles. The maximum Gasteiger partial charge on any atom is 0.00441 e. The Bertz CT molecular complexity index is 287. The van der Waals surface area contributed by atoms with Crippen molar-refractivity contribution in [1.29, 1.82) is 0 Å². The summed E-state index contributed by atoms with van der Waals surface area (Å²) in [6, 6.07) is 0.493. The normalized spacial score (nSPS) is 38.9. The van der Waals surface area contributed by atoms with Crippen molar-refractivity contribution in [2.75, 3.05) is 0 Å². The van der Waals surface area contributed by atoms with Gasteiger partial charge in [0.05, 0.1) is 0 Å². The molecule has 2 N–H and O–H groups in total. The van der Waals surface area contributed by atoms with Gasteiger partial charge in [-0.25, -0.2) is 0 Å². The second kappa shape index (κ2) is 7.02. The molecule has 1 unspecified atom stereocenters. The first-order valence-electron chi connectivity index (χ1n) is 9.95. The summed E-state index contributed by atoms with van der Waals surface area (Å²) >= 11 is 0. The zero-order valence-corrected chi connectivity index (χ0v) is 14.3. The van der Waals surface area contributed by atoms with Gasteiger partial charge in [-0.2, -0.15) is 0 Å². The molecule has 1 atom stereocenters. The molecule has 4 fully saturated rings. The summed E-state index contributed by atoms with van der Waals surface area (Å²) in [5.74, 6) is 3.24. The Hall–Kier alpha value is -0.0400. The van der Waals surface area contributed by atoms with E-state index in [1.54, 1.807) is 19.3 Å². The summed E-state index contributed by atoms with van der Waals surface area (Å²) in [5, 5.41) is 0. The lowest BCUT2D eigenvalue weighted by Crippen LogP contribution is -2.48. The molecule has 0 radical (unpaired) electrons. The van der Waals surface area contributed by atoms with Gasteiger partial charge in [-0.1, -0.05) is 45.4 Å². The number of nitrogens with two attached hydrogens (primary N) is 1. The van der Waals surface area contributed by atoms with E-state index in [0.29, 0.717) is 11.5 Å². The van der Waals surface area contributed by atoms with Crippen LogP contribution >= 0.6 is 0 Å². The molecule has 0 aromatic rings. The molecular formula is C20H37N. The molecule has 0 aliphatic heterocycles. The largest absolute Gasteiger partial charge is 0.328 e. The molecule has 0 amide bonds. The van der Waals surface area contributed by atoms with Crippen LogP contribution in [0.5, 0.6) is 0 Å². The van der Waals surface area contributed by atoms with Crippen LogP contribution in [0.15, 0.2) is 0 Å². The molecule has 4 aliphatic rings. The molecule has 4 aliphatic carbocycles. The van der Waals surface area contributed by atoms with Crippen LogP contribution in [-0.4, -0.2) is 6.04 Å². The van der Waals surface area contributed by atoms with Crippen molar-refractivity contribution in [3.63, 3.8) is 0 Å². The zero-order valence-electron chi connectivity index (χ0n) is 14.3. The van der Waals surface area contributed by atoms with Crippen LogP contribution in [-0.2, 0) is 0 Å². The first-order valence-corrected chi connectivity index (χ1v) is 9.95. The second-order valence-electron chi connectivity index (χ2n) is 8.94. The highest BCUT2D eigenvalue weighted by molar-refractivity contribution is 5.02. The van der Waals surface area contributed by atoms with Crippen LogP contribution in [0.3, 0.4) is 0 Å². The summed E-state index contributed by atoms with van der Waals surface area (Å²) < 4.78 is 0. The average Bonchev–Trinajstić information content (AvgIpc) is 2.40. The molecule has 122 valence electrons. The fourth-order valence-corrected chi connectivity index (χ4v) is 6.39. The highest BCUT2D eigenvalue weighted by Crippen LogP contribution is 2.61. The van der Waals surface area contributed by atoms with E-state index in [9.17, 15) is 0 Å². The van der Waals surface area contributed by atoms with Crippen molar-refractivity contribution >= 4 is 0 Å². The van der Waals surface area contributed by atoms with E-state index in [2.05, 4.69) is 6.92 Å². The molecule has 4 bridgehead atoms. The highest BCUT2D eigenvalue weighted by atomic mass is 14.7. The van der Waals surface area contributed by atoms with Crippen molar-refractivity contribution in [1.82, 2.24) is 0 Å². The summed E-state index contributed by atoms with van der Waals surface area (Å²) in [4.78, 5) is 0. The second-order valence-corrected chi connectivity index (χ2v) is 8.94. The van der Waals surface area contributed by atoms with E-state index in [4.69, 9.17) is 5.73 Å². The van der Waals surface area contributed by atoms with E-state index >= 15 is 0 Å². The van der Waals surface area contributed by atoms with Crippen LogP contribution in [0.25, 0.3) is 0 Å². The van der Waals surface area contributed by atoms with E-state index in [1.807, 2.05) is 0 Å². The van der Waals surface area contributed by atoms with Crippen molar-refractivity contribution in [2.24, 2.45) is 28.9 Å². The lowest BCUT2D eigenvalue weighted by molar-refractivity contribution is -0.0606. The van der Waals surface area contributed by atoms with E-state index < -0.39 is 0 Å². The molecule has 0 spiro atoms. The highest BCUT2D eigenvalue weighted by Gasteiger charge is 2.50. The van der Waals surface area contributed by atoms with Gasteiger partial charge in [0, 0.05) is 6.04 Å². The number of unbranched alkanes of at least 4 members (excludes halogenated alkanes) is 5. The van der Waals surface area contributed by atoms with Crippen molar-refractivity contribution < 1.29 is 0 Å². The fraction of sp³-hybridized carbons (Fsp3) is 1.00. The standard InChI is InChI=1S/C20H37N/c1-2-3-4-5-6-7-8-19(21)15-20-12-16-9-17(13-20)11-18(10-16)14-20/h16-19H,2-15,21H2,1H3. The van der Waals surface area contributed by atoms with Gasteiger partial charge < -0.3 is 5.73 Å². The van der Waals surface area contributed by atoms with Gasteiger partial charge in [0.2, 0.25) is 0 Å². The Labute approximate surface area is 132 Å². The van der Waals surface area contributed by atoms with E-state index in [0.717, 1.165) is 17.8 Å². The van der Waals surface area contributed by atoms with Gasteiger partial charge in [-0.15, -0.1) is 0 Å². The third-order valence-electron chi connectivity index (χ3n) is 6.79. The van der Waals surface area contributed by atoms with Gasteiger partial charge in [-0.3, -0.25) is 0 Å². The van der Waals surface area contributed by atoms with Crippen LogP contribution in [0.4, 0.5) is 0 Å². The van der Waals surface area contributed by atoms with Crippen LogP contribution in [0, 0.1) is 23.2 Å². The molecule has 4 saturated carbocycles. The molecular weight excluding hydrogens is 254 g/mol. The average molecular weight is 292 g/mol. The fourth-order valence-electron chi connectivity index (χ4n) is 6.39. The minimum atomic E-state index is 0.493. The van der Waals surface area contributed by atoms with Gasteiger partial charge in [-0.05, 0) is 74.5 Å². The maximum atomic E-state index is 6.54. The first-order chi connectivity index (χ1) is 10.2. The quantitative estimate of drug-likeness (QED) is 0.544. The van der Waals surface area contributed by atoms with Crippen LogP contribution < -0.4 is 5.73 Å². The van der Waals surface area contributed by atoms with Crippen molar-refractivity contribution in [3.8, 4) is 0 Å². The SMILES string of the molecule is CCCCCCCCC(N)CC12CC3CC(CC(C3)C1)C2. The molecule has 0 saturated heterocycles.